The summed E-state index contributed by atoms with van der Waals surface area (Å²) in [5.74, 6) is -2.16. The lowest BCUT2D eigenvalue weighted by molar-refractivity contribution is -0.308. The minimum Gasteiger partial charge on any atom is -0.548 e. The smallest absolute Gasteiger partial charge is 0.291 e. The van der Waals surface area contributed by atoms with E-state index in [0.29, 0.717) is 11.3 Å². The molecule has 2 N–H and O–H groups in total. The highest BCUT2D eigenvalue weighted by Crippen LogP contribution is 2.08. The maximum absolute atomic E-state index is 12.6. The molecule has 2 rings (SSSR count). The number of carboxylic acid groups (broad SMARTS) is 1. The fourth-order valence-corrected chi connectivity index (χ4v) is 2.66. The number of thioether (sulfide) groups is 1. The van der Waals surface area contributed by atoms with E-state index >= 15 is 0 Å². The fourth-order valence-electron chi connectivity index (χ4n) is 2.19. The summed E-state index contributed by atoms with van der Waals surface area (Å²) in [6, 6.07) is 10.7. The van der Waals surface area contributed by atoms with Gasteiger partial charge >= 0.3 is 0 Å². The number of carbonyl (C=O) groups excluding carboxylic acids is 3. The Kier molecular flexibility index (Phi) is 7.69. The number of carboxylic acids is 1. The fraction of sp³-hybridized carbons (Fsp3) is 0.211. The molecule has 1 heterocycles. The van der Waals surface area contributed by atoms with Gasteiger partial charge in [-0.15, -0.1) is 0 Å². The number of hydrogen-bond acceptors (Lipinski definition) is 6. The van der Waals surface area contributed by atoms with Crippen LogP contribution in [0.1, 0.15) is 22.5 Å². The Morgan fingerprint density at radius 1 is 1.19 bits per heavy atom. The molecule has 2 aromatic rings. The molecule has 0 saturated heterocycles. The molecule has 2 amide bonds. The summed E-state index contributed by atoms with van der Waals surface area (Å²) in [6.07, 6.45) is 4.83. The summed E-state index contributed by atoms with van der Waals surface area (Å²) >= 11 is 1.46. The minimum atomic E-state index is -1.38. The van der Waals surface area contributed by atoms with Crippen LogP contribution in [0.2, 0.25) is 0 Å². The van der Waals surface area contributed by atoms with E-state index in [0.717, 1.165) is 0 Å². The van der Waals surface area contributed by atoms with E-state index in [1.54, 1.807) is 30.3 Å². The lowest BCUT2D eigenvalue weighted by atomic mass is 10.1. The van der Waals surface area contributed by atoms with Crippen molar-refractivity contribution in [3.8, 4) is 0 Å². The molecule has 8 heteroatoms. The zero-order valence-electron chi connectivity index (χ0n) is 14.6. The average Bonchev–Trinajstić information content (AvgIpc) is 3.20. The highest BCUT2D eigenvalue weighted by molar-refractivity contribution is 7.98. The molecule has 0 bridgehead atoms. The van der Waals surface area contributed by atoms with Crippen molar-refractivity contribution in [2.45, 2.75) is 12.5 Å². The van der Waals surface area contributed by atoms with E-state index in [4.69, 9.17) is 4.42 Å². The lowest BCUT2D eigenvalue weighted by Gasteiger charge is -2.20. The number of carbonyl (C=O) groups is 3. The number of rotatable bonds is 9. The van der Waals surface area contributed by atoms with Gasteiger partial charge in [-0.25, -0.2) is 0 Å². The van der Waals surface area contributed by atoms with Gasteiger partial charge in [0.2, 0.25) is 0 Å². The van der Waals surface area contributed by atoms with Crippen molar-refractivity contribution in [1.82, 2.24) is 10.6 Å². The predicted octanol–water partition coefficient (Wildman–Crippen LogP) is 1.04. The minimum absolute atomic E-state index is 0.0283. The monoisotopic (exact) mass is 387 g/mol. The van der Waals surface area contributed by atoms with Crippen molar-refractivity contribution in [2.24, 2.45) is 0 Å². The van der Waals surface area contributed by atoms with Gasteiger partial charge in [-0.2, -0.15) is 11.8 Å². The molecule has 1 aromatic carbocycles. The standard InChI is InChI=1S/C19H20N2O5S/c1-27-11-9-14(19(24)25)20-17(22)15(12-13-6-3-2-4-7-13)21-18(23)16-8-5-10-26-16/h2-8,10,12,14H,9,11H2,1H3,(H,20,22)(H,21,23)(H,24,25)/p-1/b15-12-/t14-/m0/s1. The summed E-state index contributed by atoms with van der Waals surface area (Å²) in [6.45, 7) is 0. The second-order valence-electron chi connectivity index (χ2n) is 5.53. The third-order valence-electron chi connectivity index (χ3n) is 3.55. The first-order valence-corrected chi connectivity index (χ1v) is 9.53. The molecule has 27 heavy (non-hydrogen) atoms. The molecule has 142 valence electrons. The Bertz CT molecular complexity index is 803. The van der Waals surface area contributed by atoms with Crippen LogP contribution in [0.15, 0.2) is 58.8 Å². The molecule has 1 aromatic heterocycles. The molecule has 1 atom stereocenters. The Morgan fingerprint density at radius 2 is 1.93 bits per heavy atom. The van der Waals surface area contributed by atoms with Gasteiger partial charge in [-0.3, -0.25) is 9.59 Å². The van der Waals surface area contributed by atoms with Gasteiger partial charge in [0.1, 0.15) is 5.70 Å². The van der Waals surface area contributed by atoms with Crippen LogP contribution < -0.4 is 15.7 Å². The number of nitrogens with one attached hydrogen (secondary N) is 2. The van der Waals surface area contributed by atoms with E-state index in [1.165, 1.54) is 30.2 Å². The highest BCUT2D eigenvalue weighted by Gasteiger charge is 2.20. The van der Waals surface area contributed by atoms with Crippen LogP contribution in [0.3, 0.4) is 0 Å². The molecule has 0 aliphatic rings. The Hall–Kier alpha value is -3.00. The van der Waals surface area contributed by atoms with Gasteiger partial charge in [0.15, 0.2) is 5.76 Å². The average molecular weight is 387 g/mol. The topological polar surface area (TPSA) is 111 Å². The van der Waals surface area contributed by atoms with E-state index in [1.807, 2.05) is 12.3 Å². The van der Waals surface area contributed by atoms with Gasteiger partial charge in [0.25, 0.3) is 11.8 Å². The second-order valence-corrected chi connectivity index (χ2v) is 6.51. The molecule has 0 radical (unpaired) electrons. The largest absolute Gasteiger partial charge is 0.548 e. The predicted molar refractivity (Wildman–Crippen MR) is 101 cm³/mol. The SMILES string of the molecule is CSCC[C@H](NC(=O)/C(=C/c1ccccc1)NC(=O)c1ccco1)C(=O)[O-]. The molecule has 0 saturated carbocycles. The number of benzene rings is 1. The summed E-state index contributed by atoms with van der Waals surface area (Å²) in [7, 11) is 0. The van der Waals surface area contributed by atoms with Crippen LogP contribution in [0.5, 0.6) is 0 Å². The van der Waals surface area contributed by atoms with Crippen LogP contribution in [-0.4, -0.2) is 35.8 Å². The molecule has 0 aliphatic carbocycles. The van der Waals surface area contributed by atoms with E-state index < -0.39 is 23.8 Å². The Balaban J connectivity index is 2.22. The van der Waals surface area contributed by atoms with Gasteiger partial charge in [-0.1, -0.05) is 30.3 Å². The van der Waals surface area contributed by atoms with Crippen molar-refractivity contribution in [3.05, 3.63) is 65.7 Å². The first kappa shape index (κ1) is 20.3. The van der Waals surface area contributed by atoms with Crippen molar-refractivity contribution in [1.29, 1.82) is 0 Å². The molecular formula is C19H19N2O5S-. The zero-order chi connectivity index (χ0) is 19.6. The van der Waals surface area contributed by atoms with Crippen LogP contribution in [-0.2, 0) is 9.59 Å². The molecule has 7 nitrogen and oxygen atoms in total. The van der Waals surface area contributed by atoms with E-state index in [2.05, 4.69) is 10.6 Å². The molecule has 0 spiro atoms. The Labute approximate surface area is 160 Å². The van der Waals surface area contributed by atoms with Crippen LogP contribution in [0.4, 0.5) is 0 Å². The van der Waals surface area contributed by atoms with E-state index in [-0.39, 0.29) is 17.9 Å². The Morgan fingerprint density at radius 3 is 2.52 bits per heavy atom. The van der Waals surface area contributed by atoms with E-state index in [9.17, 15) is 19.5 Å². The highest BCUT2D eigenvalue weighted by atomic mass is 32.2. The van der Waals surface area contributed by atoms with Crippen LogP contribution in [0.25, 0.3) is 6.08 Å². The van der Waals surface area contributed by atoms with Gasteiger partial charge < -0.3 is 25.0 Å². The lowest BCUT2D eigenvalue weighted by Crippen LogP contribution is -2.50. The van der Waals surface area contributed by atoms with Crippen molar-refractivity contribution in [3.63, 3.8) is 0 Å². The first-order chi connectivity index (χ1) is 13.0. The third kappa shape index (κ3) is 6.34. The summed E-state index contributed by atoms with van der Waals surface area (Å²) in [4.78, 5) is 36.1. The maximum Gasteiger partial charge on any atom is 0.291 e. The number of aliphatic carboxylic acids is 1. The molecule has 0 fully saturated rings. The maximum atomic E-state index is 12.6. The normalized spacial score (nSPS) is 12.3. The number of furan rings is 1. The van der Waals surface area contributed by atoms with Gasteiger partial charge in [0, 0.05) is 0 Å². The number of amides is 2. The molecular weight excluding hydrogens is 368 g/mol. The summed E-state index contributed by atoms with van der Waals surface area (Å²) < 4.78 is 5.02. The molecule has 0 aliphatic heterocycles. The summed E-state index contributed by atoms with van der Waals surface area (Å²) in [5, 5.41) is 16.1. The van der Waals surface area contributed by atoms with Crippen LogP contribution in [0, 0.1) is 0 Å². The third-order valence-corrected chi connectivity index (χ3v) is 4.19. The zero-order valence-corrected chi connectivity index (χ0v) is 15.5. The van der Waals surface area contributed by atoms with Gasteiger partial charge in [-0.05, 0) is 42.2 Å². The second kappa shape index (κ2) is 10.2. The van der Waals surface area contributed by atoms with Crippen LogP contribution >= 0.6 is 11.8 Å². The quantitative estimate of drug-likeness (QED) is 0.622. The van der Waals surface area contributed by atoms with Crippen molar-refractivity contribution in [2.75, 3.05) is 12.0 Å². The first-order valence-electron chi connectivity index (χ1n) is 8.13. The van der Waals surface area contributed by atoms with Crippen molar-refractivity contribution < 1.29 is 23.9 Å². The molecule has 0 unspecified atom stereocenters. The summed E-state index contributed by atoms with van der Waals surface area (Å²) in [5.41, 5.74) is 0.564. The number of hydrogen-bond donors (Lipinski definition) is 2. The van der Waals surface area contributed by atoms with Crippen molar-refractivity contribution >= 4 is 35.6 Å². The van der Waals surface area contributed by atoms with Gasteiger partial charge in [0.05, 0.1) is 18.3 Å².